The molecule has 0 bridgehead atoms. The Morgan fingerprint density at radius 1 is 1.11 bits per heavy atom. The fraction of sp³-hybridized carbons (Fsp3) is 0.593. The molecule has 10 heteroatoms. The normalized spacial score (nSPS) is 19.3. The van der Waals surface area contributed by atoms with Crippen molar-refractivity contribution in [3.63, 3.8) is 0 Å². The monoisotopic (exact) mass is 558 g/mol. The van der Waals surface area contributed by atoms with Crippen molar-refractivity contribution < 1.29 is 18.3 Å². The maximum absolute atomic E-state index is 14.1. The Bertz CT molecular complexity index is 989. The first kappa shape index (κ1) is 31.2. The van der Waals surface area contributed by atoms with E-state index in [0.717, 1.165) is 54.7 Å². The number of hydrogen-bond acceptors (Lipinski definition) is 5. The molecule has 2 aliphatic rings. The van der Waals surface area contributed by atoms with E-state index in [2.05, 4.69) is 27.8 Å². The van der Waals surface area contributed by atoms with Gasteiger partial charge in [-0.1, -0.05) is 31.9 Å². The number of aromatic nitrogens is 2. The minimum atomic E-state index is -2.84. The maximum Gasteiger partial charge on any atom is 0.271 e. The fourth-order valence-corrected chi connectivity index (χ4v) is 4.84. The lowest BCUT2D eigenvalue weighted by molar-refractivity contribution is -0.0712. The van der Waals surface area contributed by atoms with E-state index in [1.807, 2.05) is 24.3 Å². The van der Waals surface area contributed by atoms with Crippen LogP contribution in [0.1, 0.15) is 74.5 Å². The zero-order valence-corrected chi connectivity index (χ0v) is 22.9. The standard InChI is InChI=1S/C27H36F2N4O2.2ClH/c1-2-3-9-24-23(19-10-12-22(13-11-19)35-21-7-5-4-6-8-21)16-25(33-32-24)26(34)31-17-20-14-15-30-18-27(20,28)29;;/h10-13,16,20-21,30H,2-9,14-15,17-18H2,1H3,(H,31,34);2*1H. The number of rotatable bonds is 9. The van der Waals surface area contributed by atoms with Crippen LogP contribution in [0.2, 0.25) is 0 Å². The van der Waals surface area contributed by atoms with Crippen LogP contribution in [0.5, 0.6) is 5.75 Å². The van der Waals surface area contributed by atoms with Crippen LogP contribution in [-0.4, -0.2) is 47.8 Å². The second kappa shape index (κ2) is 14.8. The molecule has 1 saturated carbocycles. The summed E-state index contributed by atoms with van der Waals surface area (Å²) in [5.74, 6) is -3.36. The molecule has 1 atom stereocenters. The van der Waals surface area contributed by atoms with Crippen molar-refractivity contribution in [1.82, 2.24) is 20.8 Å². The highest BCUT2D eigenvalue weighted by Gasteiger charge is 2.41. The summed E-state index contributed by atoms with van der Waals surface area (Å²) in [4.78, 5) is 12.8. The Kier molecular flexibility index (Phi) is 12.5. The summed E-state index contributed by atoms with van der Waals surface area (Å²) >= 11 is 0. The van der Waals surface area contributed by atoms with Crippen molar-refractivity contribution in [2.75, 3.05) is 19.6 Å². The number of carbonyl (C=O) groups is 1. The van der Waals surface area contributed by atoms with E-state index in [9.17, 15) is 13.6 Å². The fourth-order valence-electron chi connectivity index (χ4n) is 4.84. The maximum atomic E-state index is 14.1. The zero-order chi connectivity index (χ0) is 24.7. The molecular weight excluding hydrogens is 521 g/mol. The molecular formula is C27H38Cl2F2N4O2. The number of benzene rings is 1. The van der Waals surface area contributed by atoms with Crippen molar-refractivity contribution in [3.05, 3.63) is 41.7 Å². The van der Waals surface area contributed by atoms with Gasteiger partial charge in [0.15, 0.2) is 5.69 Å². The first-order valence-corrected chi connectivity index (χ1v) is 13.0. The van der Waals surface area contributed by atoms with Gasteiger partial charge in [-0.25, -0.2) is 8.78 Å². The van der Waals surface area contributed by atoms with Crippen LogP contribution in [0.15, 0.2) is 30.3 Å². The molecule has 37 heavy (non-hydrogen) atoms. The van der Waals surface area contributed by atoms with Crippen LogP contribution in [0.25, 0.3) is 11.1 Å². The summed E-state index contributed by atoms with van der Waals surface area (Å²) in [7, 11) is 0. The zero-order valence-electron chi connectivity index (χ0n) is 21.3. The van der Waals surface area contributed by atoms with Crippen LogP contribution < -0.4 is 15.4 Å². The predicted octanol–water partition coefficient (Wildman–Crippen LogP) is 6.02. The lowest BCUT2D eigenvalue weighted by Gasteiger charge is -2.31. The van der Waals surface area contributed by atoms with Gasteiger partial charge in [0.1, 0.15) is 5.75 Å². The lowest BCUT2D eigenvalue weighted by Crippen LogP contribution is -2.50. The SMILES string of the molecule is CCCCc1nnc(C(=O)NCC2CCNCC2(F)F)cc1-c1ccc(OC2CCCCC2)cc1.Cl.Cl. The van der Waals surface area contributed by atoms with Gasteiger partial charge in [-0.3, -0.25) is 4.79 Å². The van der Waals surface area contributed by atoms with E-state index in [0.29, 0.717) is 13.0 Å². The van der Waals surface area contributed by atoms with E-state index in [1.165, 1.54) is 19.3 Å². The molecule has 1 saturated heterocycles. The third-order valence-corrected chi connectivity index (χ3v) is 7.03. The van der Waals surface area contributed by atoms with E-state index in [-0.39, 0.29) is 49.7 Å². The smallest absolute Gasteiger partial charge is 0.271 e. The number of aryl methyl sites for hydroxylation is 1. The molecule has 4 rings (SSSR count). The molecule has 1 aromatic carbocycles. The molecule has 6 nitrogen and oxygen atoms in total. The van der Waals surface area contributed by atoms with Gasteiger partial charge in [0.05, 0.1) is 18.3 Å². The van der Waals surface area contributed by atoms with Crippen molar-refractivity contribution in [3.8, 4) is 16.9 Å². The van der Waals surface area contributed by atoms with Crippen LogP contribution in [0.3, 0.4) is 0 Å². The summed E-state index contributed by atoms with van der Waals surface area (Å²) in [6.07, 6.45) is 9.22. The first-order valence-electron chi connectivity index (χ1n) is 13.0. The molecule has 2 heterocycles. The number of piperidine rings is 1. The van der Waals surface area contributed by atoms with Gasteiger partial charge >= 0.3 is 0 Å². The van der Waals surface area contributed by atoms with Crippen molar-refractivity contribution in [2.24, 2.45) is 5.92 Å². The number of nitrogens with one attached hydrogen (secondary N) is 2. The van der Waals surface area contributed by atoms with E-state index >= 15 is 0 Å². The molecule has 0 radical (unpaired) electrons. The molecule has 1 amide bonds. The number of unbranched alkanes of at least 4 members (excludes halogenated alkanes) is 1. The average molecular weight is 560 g/mol. The molecule has 1 unspecified atom stereocenters. The topological polar surface area (TPSA) is 76.1 Å². The van der Waals surface area contributed by atoms with Gasteiger partial charge in [0, 0.05) is 18.0 Å². The molecule has 206 valence electrons. The molecule has 2 fully saturated rings. The van der Waals surface area contributed by atoms with Crippen LogP contribution >= 0.6 is 24.8 Å². The summed E-state index contributed by atoms with van der Waals surface area (Å²) in [6, 6.07) is 9.63. The second-order valence-electron chi connectivity index (χ2n) is 9.73. The largest absolute Gasteiger partial charge is 0.490 e. The van der Waals surface area contributed by atoms with Gasteiger partial charge in [-0.05, 0) is 75.3 Å². The number of nitrogens with zero attached hydrogens (tertiary/aromatic N) is 2. The molecule has 1 aromatic heterocycles. The highest BCUT2D eigenvalue weighted by atomic mass is 35.5. The number of hydrogen-bond donors (Lipinski definition) is 2. The Morgan fingerprint density at radius 3 is 2.51 bits per heavy atom. The highest BCUT2D eigenvalue weighted by Crippen LogP contribution is 2.30. The van der Waals surface area contributed by atoms with Crippen molar-refractivity contribution in [2.45, 2.75) is 76.7 Å². The lowest BCUT2D eigenvalue weighted by atomic mass is 9.94. The summed E-state index contributed by atoms with van der Waals surface area (Å²) in [5.41, 5.74) is 2.74. The molecule has 1 aliphatic carbocycles. The van der Waals surface area contributed by atoms with Gasteiger partial charge in [0.2, 0.25) is 0 Å². The second-order valence-corrected chi connectivity index (χ2v) is 9.73. The van der Waals surface area contributed by atoms with E-state index < -0.39 is 17.7 Å². The summed E-state index contributed by atoms with van der Waals surface area (Å²) in [5, 5.41) is 13.8. The third kappa shape index (κ3) is 8.48. The van der Waals surface area contributed by atoms with Gasteiger partial charge in [-0.15, -0.1) is 29.9 Å². The van der Waals surface area contributed by atoms with Crippen LogP contribution in [0, 0.1) is 5.92 Å². The molecule has 2 aromatic rings. The number of amides is 1. The predicted molar refractivity (Wildman–Crippen MR) is 146 cm³/mol. The first-order chi connectivity index (χ1) is 17.0. The quantitative estimate of drug-likeness (QED) is 0.393. The minimum absolute atomic E-state index is 0. The number of carbonyl (C=O) groups excluding carboxylic acids is 1. The molecule has 1 aliphatic heterocycles. The van der Waals surface area contributed by atoms with Gasteiger partial charge < -0.3 is 15.4 Å². The summed E-state index contributed by atoms with van der Waals surface area (Å²) in [6.45, 7) is 2.19. The Labute approximate surface area is 230 Å². The Morgan fingerprint density at radius 2 is 1.84 bits per heavy atom. The Balaban J connectivity index is 0.00000241. The molecule has 2 N–H and O–H groups in total. The summed E-state index contributed by atoms with van der Waals surface area (Å²) < 4.78 is 34.4. The number of ether oxygens (including phenoxy) is 1. The third-order valence-electron chi connectivity index (χ3n) is 7.03. The van der Waals surface area contributed by atoms with Crippen LogP contribution in [-0.2, 0) is 6.42 Å². The average Bonchev–Trinajstić information content (AvgIpc) is 2.87. The van der Waals surface area contributed by atoms with E-state index in [1.54, 1.807) is 6.07 Å². The number of halogens is 4. The van der Waals surface area contributed by atoms with Gasteiger partial charge in [0.25, 0.3) is 11.8 Å². The van der Waals surface area contributed by atoms with Crippen molar-refractivity contribution in [1.29, 1.82) is 0 Å². The van der Waals surface area contributed by atoms with Crippen molar-refractivity contribution >= 4 is 30.7 Å². The minimum Gasteiger partial charge on any atom is -0.490 e. The Hall–Kier alpha value is -2.03. The highest BCUT2D eigenvalue weighted by molar-refractivity contribution is 5.93. The number of alkyl halides is 2. The van der Waals surface area contributed by atoms with Crippen LogP contribution in [0.4, 0.5) is 8.78 Å². The van der Waals surface area contributed by atoms with E-state index in [4.69, 9.17) is 4.74 Å². The van der Waals surface area contributed by atoms with Gasteiger partial charge in [-0.2, -0.15) is 5.10 Å². The molecule has 0 spiro atoms.